The van der Waals surface area contributed by atoms with Crippen molar-refractivity contribution in [2.75, 3.05) is 31.5 Å². The van der Waals surface area contributed by atoms with Crippen LogP contribution in [-0.2, 0) is 4.79 Å². The largest absolute Gasteiger partial charge is 0.339 e. The van der Waals surface area contributed by atoms with Crippen molar-refractivity contribution in [1.82, 2.24) is 10.2 Å². The molecule has 1 aromatic rings. The van der Waals surface area contributed by atoms with Crippen molar-refractivity contribution in [1.29, 1.82) is 0 Å². The molecular formula is C21H31N3O2. The standard InChI is InChI=1S/C21H31N3O2/c1-15-7-5-9-18(20(15)21(26)24-11-3-4-12-24)23-19(25)13-16(2)17-8-6-10-22-14-17/h5,7,9,16-17,22H,3-4,6,8,10-14H2,1-2H3,(H,23,25). The molecule has 3 rings (SSSR count). The first kappa shape index (κ1) is 18.9. The van der Waals surface area contributed by atoms with Crippen LogP contribution in [0.1, 0.15) is 54.9 Å². The maximum Gasteiger partial charge on any atom is 0.256 e. The topological polar surface area (TPSA) is 61.4 Å². The van der Waals surface area contributed by atoms with Crippen LogP contribution in [0, 0.1) is 18.8 Å². The molecule has 2 aliphatic rings. The molecule has 0 saturated carbocycles. The van der Waals surface area contributed by atoms with E-state index in [1.54, 1.807) is 0 Å². The monoisotopic (exact) mass is 357 g/mol. The fourth-order valence-electron chi connectivity index (χ4n) is 4.16. The van der Waals surface area contributed by atoms with E-state index in [1.165, 1.54) is 12.8 Å². The molecule has 5 nitrogen and oxygen atoms in total. The summed E-state index contributed by atoms with van der Waals surface area (Å²) in [7, 11) is 0. The van der Waals surface area contributed by atoms with Gasteiger partial charge in [-0.25, -0.2) is 0 Å². The number of nitrogens with one attached hydrogen (secondary N) is 2. The SMILES string of the molecule is Cc1cccc(NC(=O)CC(C)C2CCCNC2)c1C(=O)N1CCCC1. The van der Waals surface area contributed by atoms with Gasteiger partial charge >= 0.3 is 0 Å². The summed E-state index contributed by atoms with van der Waals surface area (Å²) in [6.45, 7) is 7.80. The van der Waals surface area contributed by atoms with Gasteiger partial charge in [0.15, 0.2) is 0 Å². The molecule has 1 aromatic carbocycles. The first-order valence-electron chi connectivity index (χ1n) is 9.95. The number of aryl methyl sites for hydroxylation is 1. The van der Waals surface area contributed by atoms with Gasteiger partial charge < -0.3 is 15.5 Å². The Kier molecular flexibility index (Phi) is 6.30. The number of hydrogen-bond acceptors (Lipinski definition) is 3. The Balaban J connectivity index is 1.67. The minimum atomic E-state index is 0.00384. The Hall–Kier alpha value is -1.88. The first-order valence-corrected chi connectivity index (χ1v) is 9.95. The fraction of sp³-hybridized carbons (Fsp3) is 0.619. The fourth-order valence-corrected chi connectivity index (χ4v) is 4.16. The number of rotatable bonds is 5. The first-order chi connectivity index (χ1) is 12.6. The van der Waals surface area contributed by atoms with Gasteiger partial charge in [-0.2, -0.15) is 0 Å². The molecule has 2 atom stereocenters. The number of carbonyl (C=O) groups is 2. The van der Waals surface area contributed by atoms with Crippen LogP contribution >= 0.6 is 0 Å². The molecule has 5 heteroatoms. The number of likely N-dealkylation sites (tertiary alicyclic amines) is 1. The molecule has 2 N–H and O–H groups in total. The van der Waals surface area contributed by atoms with Crippen LogP contribution < -0.4 is 10.6 Å². The van der Waals surface area contributed by atoms with Gasteiger partial charge in [0.1, 0.15) is 0 Å². The summed E-state index contributed by atoms with van der Waals surface area (Å²) in [6.07, 6.45) is 4.99. The number of anilines is 1. The van der Waals surface area contributed by atoms with Gasteiger partial charge in [-0.05, 0) is 69.2 Å². The van der Waals surface area contributed by atoms with Gasteiger partial charge in [0, 0.05) is 19.5 Å². The summed E-state index contributed by atoms with van der Waals surface area (Å²) in [5, 5.41) is 6.44. The third-order valence-electron chi connectivity index (χ3n) is 5.80. The van der Waals surface area contributed by atoms with Crippen molar-refractivity contribution in [2.45, 2.75) is 46.0 Å². The Morgan fingerprint density at radius 1 is 1.27 bits per heavy atom. The van der Waals surface area contributed by atoms with Crippen LogP contribution in [0.5, 0.6) is 0 Å². The van der Waals surface area contributed by atoms with Crippen LogP contribution in [0.3, 0.4) is 0 Å². The number of hydrogen-bond donors (Lipinski definition) is 2. The van der Waals surface area contributed by atoms with Crippen molar-refractivity contribution < 1.29 is 9.59 Å². The van der Waals surface area contributed by atoms with Gasteiger partial charge in [0.2, 0.25) is 5.91 Å². The quantitative estimate of drug-likeness (QED) is 0.851. The predicted octanol–water partition coefficient (Wildman–Crippen LogP) is 3.20. The van der Waals surface area contributed by atoms with E-state index in [0.717, 1.165) is 44.6 Å². The zero-order valence-corrected chi connectivity index (χ0v) is 16.0. The summed E-state index contributed by atoms with van der Waals surface area (Å²) < 4.78 is 0. The van der Waals surface area contributed by atoms with Gasteiger partial charge in [-0.15, -0.1) is 0 Å². The molecule has 2 aliphatic heterocycles. The van der Waals surface area contributed by atoms with Crippen LogP contribution in [0.15, 0.2) is 18.2 Å². The lowest BCUT2D eigenvalue weighted by Gasteiger charge is -2.28. The molecule has 2 unspecified atom stereocenters. The number of piperidine rings is 1. The van der Waals surface area contributed by atoms with E-state index >= 15 is 0 Å². The Bertz CT molecular complexity index is 647. The summed E-state index contributed by atoms with van der Waals surface area (Å²) in [5.74, 6) is 0.938. The zero-order valence-electron chi connectivity index (χ0n) is 16.0. The second-order valence-corrected chi connectivity index (χ2v) is 7.83. The summed E-state index contributed by atoms with van der Waals surface area (Å²) in [6, 6.07) is 5.69. The molecule has 2 fully saturated rings. The molecule has 142 valence electrons. The van der Waals surface area contributed by atoms with Gasteiger partial charge in [-0.1, -0.05) is 19.1 Å². The van der Waals surface area contributed by atoms with Crippen molar-refractivity contribution in [3.05, 3.63) is 29.3 Å². The molecule has 0 aromatic heterocycles. The third kappa shape index (κ3) is 4.44. The van der Waals surface area contributed by atoms with Crippen LogP contribution in [0.4, 0.5) is 5.69 Å². The van der Waals surface area contributed by atoms with E-state index in [1.807, 2.05) is 30.0 Å². The van der Waals surface area contributed by atoms with Crippen LogP contribution in [0.25, 0.3) is 0 Å². The molecule has 0 aliphatic carbocycles. The van der Waals surface area contributed by atoms with Crippen molar-refractivity contribution in [2.24, 2.45) is 11.8 Å². The van der Waals surface area contributed by atoms with E-state index in [9.17, 15) is 9.59 Å². The average Bonchev–Trinajstić information content (AvgIpc) is 3.17. The summed E-state index contributed by atoms with van der Waals surface area (Å²) in [5.41, 5.74) is 2.22. The highest BCUT2D eigenvalue weighted by atomic mass is 16.2. The van der Waals surface area contributed by atoms with E-state index in [0.29, 0.717) is 29.5 Å². The second-order valence-electron chi connectivity index (χ2n) is 7.83. The molecule has 2 saturated heterocycles. The Morgan fingerprint density at radius 3 is 2.73 bits per heavy atom. The zero-order chi connectivity index (χ0) is 18.5. The highest BCUT2D eigenvalue weighted by Crippen LogP contribution is 2.26. The van der Waals surface area contributed by atoms with Crippen LogP contribution in [0.2, 0.25) is 0 Å². The second kappa shape index (κ2) is 8.67. The van der Waals surface area contributed by atoms with E-state index < -0.39 is 0 Å². The molecule has 2 amide bonds. The Labute approximate surface area is 156 Å². The lowest BCUT2D eigenvalue weighted by molar-refractivity contribution is -0.117. The molecule has 0 spiro atoms. The van der Waals surface area contributed by atoms with Crippen LogP contribution in [-0.4, -0.2) is 42.9 Å². The highest BCUT2D eigenvalue weighted by Gasteiger charge is 2.25. The van der Waals surface area contributed by atoms with E-state index in [-0.39, 0.29) is 11.8 Å². The van der Waals surface area contributed by atoms with Gasteiger partial charge in [0.05, 0.1) is 11.3 Å². The number of amides is 2. The maximum absolute atomic E-state index is 12.9. The average molecular weight is 357 g/mol. The van der Waals surface area contributed by atoms with Gasteiger partial charge in [-0.3, -0.25) is 9.59 Å². The molecular weight excluding hydrogens is 326 g/mol. The van der Waals surface area contributed by atoms with Gasteiger partial charge in [0.25, 0.3) is 5.91 Å². The number of carbonyl (C=O) groups excluding carboxylic acids is 2. The van der Waals surface area contributed by atoms with Crippen molar-refractivity contribution in [3.63, 3.8) is 0 Å². The third-order valence-corrected chi connectivity index (χ3v) is 5.80. The minimum Gasteiger partial charge on any atom is -0.339 e. The lowest BCUT2D eigenvalue weighted by atomic mass is 9.85. The van der Waals surface area contributed by atoms with Crippen molar-refractivity contribution in [3.8, 4) is 0 Å². The summed E-state index contributed by atoms with van der Waals surface area (Å²) >= 11 is 0. The normalized spacial score (nSPS) is 21.5. The molecule has 0 bridgehead atoms. The highest BCUT2D eigenvalue weighted by molar-refractivity contribution is 6.05. The maximum atomic E-state index is 12.9. The smallest absolute Gasteiger partial charge is 0.256 e. The number of benzene rings is 1. The van der Waals surface area contributed by atoms with Crippen molar-refractivity contribution >= 4 is 17.5 Å². The van der Waals surface area contributed by atoms with E-state index in [2.05, 4.69) is 17.6 Å². The predicted molar refractivity (Wildman–Crippen MR) is 104 cm³/mol. The molecule has 26 heavy (non-hydrogen) atoms. The lowest BCUT2D eigenvalue weighted by Crippen LogP contribution is -2.34. The number of nitrogens with zero attached hydrogens (tertiary/aromatic N) is 1. The summed E-state index contributed by atoms with van der Waals surface area (Å²) in [4.78, 5) is 27.4. The Morgan fingerprint density at radius 2 is 2.04 bits per heavy atom. The molecule has 2 heterocycles. The molecule has 0 radical (unpaired) electrons. The van der Waals surface area contributed by atoms with E-state index in [4.69, 9.17) is 0 Å². The minimum absolute atomic E-state index is 0.00384.